The maximum absolute atomic E-state index is 11.6. The van der Waals surface area contributed by atoms with Crippen molar-refractivity contribution in [1.29, 1.82) is 0 Å². The maximum Gasteiger partial charge on any atom is 0.237 e. The largest absolute Gasteiger partial charge is 0.354 e. The molecule has 2 amide bonds. The molecule has 18 heavy (non-hydrogen) atoms. The van der Waals surface area contributed by atoms with Gasteiger partial charge in [-0.3, -0.25) is 9.59 Å². The molecule has 1 heterocycles. The molecular weight excluding hydrogens is 230 g/mol. The lowest BCUT2D eigenvalue weighted by Crippen LogP contribution is -2.43. The number of nitrogens with one attached hydrogen (secondary N) is 3. The maximum atomic E-state index is 11.6. The highest BCUT2D eigenvalue weighted by Crippen LogP contribution is 2.05. The SMILES string of the molecule is CCC(C)CC(=O)NCCNC(=O)C1CCCN1. The first kappa shape index (κ1) is 15.0. The molecule has 0 aromatic heterocycles. The Morgan fingerprint density at radius 2 is 2.06 bits per heavy atom. The third kappa shape index (κ3) is 5.49. The molecule has 0 radical (unpaired) electrons. The molecule has 1 aliphatic rings. The second-order valence-corrected chi connectivity index (χ2v) is 5.01. The first-order chi connectivity index (χ1) is 8.63. The minimum atomic E-state index is -0.0409. The van der Waals surface area contributed by atoms with Gasteiger partial charge in [0.15, 0.2) is 0 Å². The van der Waals surface area contributed by atoms with Gasteiger partial charge in [-0.1, -0.05) is 20.3 Å². The lowest BCUT2D eigenvalue weighted by molar-refractivity contribution is -0.124. The van der Waals surface area contributed by atoms with Gasteiger partial charge < -0.3 is 16.0 Å². The van der Waals surface area contributed by atoms with Crippen LogP contribution >= 0.6 is 0 Å². The molecule has 0 aromatic carbocycles. The van der Waals surface area contributed by atoms with Crippen LogP contribution in [-0.4, -0.2) is 37.5 Å². The summed E-state index contributed by atoms with van der Waals surface area (Å²) in [5.41, 5.74) is 0. The van der Waals surface area contributed by atoms with Crippen LogP contribution in [0.5, 0.6) is 0 Å². The molecule has 0 aliphatic carbocycles. The monoisotopic (exact) mass is 255 g/mol. The van der Waals surface area contributed by atoms with Crippen molar-refractivity contribution >= 4 is 11.8 Å². The topological polar surface area (TPSA) is 70.2 Å². The van der Waals surface area contributed by atoms with E-state index in [0.717, 1.165) is 25.8 Å². The van der Waals surface area contributed by atoms with Crippen LogP contribution in [0.4, 0.5) is 0 Å². The third-order valence-corrected chi connectivity index (χ3v) is 3.35. The van der Waals surface area contributed by atoms with Crippen LogP contribution in [0.2, 0.25) is 0 Å². The molecular formula is C13H25N3O2. The molecule has 2 unspecified atom stereocenters. The summed E-state index contributed by atoms with van der Waals surface area (Å²) in [4.78, 5) is 23.1. The smallest absolute Gasteiger partial charge is 0.237 e. The fourth-order valence-corrected chi connectivity index (χ4v) is 1.95. The summed E-state index contributed by atoms with van der Waals surface area (Å²) < 4.78 is 0. The van der Waals surface area contributed by atoms with Crippen molar-refractivity contribution in [2.24, 2.45) is 5.92 Å². The molecule has 104 valence electrons. The molecule has 1 aliphatic heterocycles. The van der Waals surface area contributed by atoms with Crippen LogP contribution in [0.1, 0.15) is 39.5 Å². The van der Waals surface area contributed by atoms with E-state index >= 15 is 0 Å². The predicted octanol–water partition coefficient (Wildman–Crippen LogP) is 0.407. The lowest BCUT2D eigenvalue weighted by atomic mass is 10.1. The summed E-state index contributed by atoms with van der Waals surface area (Å²) in [7, 11) is 0. The van der Waals surface area contributed by atoms with Crippen LogP contribution in [0.25, 0.3) is 0 Å². The van der Waals surface area contributed by atoms with Crippen molar-refractivity contribution in [3.05, 3.63) is 0 Å². The Morgan fingerprint density at radius 1 is 1.33 bits per heavy atom. The highest BCUT2D eigenvalue weighted by atomic mass is 16.2. The van der Waals surface area contributed by atoms with E-state index < -0.39 is 0 Å². The van der Waals surface area contributed by atoms with Gasteiger partial charge in [0, 0.05) is 19.5 Å². The van der Waals surface area contributed by atoms with Crippen LogP contribution in [-0.2, 0) is 9.59 Å². The number of hydrogen-bond acceptors (Lipinski definition) is 3. The van der Waals surface area contributed by atoms with Gasteiger partial charge in [-0.25, -0.2) is 0 Å². The minimum absolute atomic E-state index is 0.0409. The zero-order chi connectivity index (χ0) is 13.4. The zero-order valence-electron chi connectivity index (χ0n) is 11.4. The van der Waals surface area contributed by atoms with Crippen LogP contribution in [0.3, 0.4) is 0 Å². The van der Waals surface area contributed by atoms with Gasteiger partial charge in [-0.05, 0) is 25.3 Å². The van der Waals surface area contributed by atoms with E-state index in [9.17, 15) is 9.59 Å². The first-order valence-electron chi connectivity index (χ1n) is 6.91. The lowest BCUT2D eigenvalue weighted by Gasteiger charge is -2.12. The van der Waals surface area contributed by atoms with Gasteiger partial charge in [0.1, 0.15) is 0 Å². The molecule has 1 saturated heterocycles. The molecule has 0 bridgehead atoms. The van der Waals surface area contributed by atoms with E-state index in [1.807, 2.05) is 0 Å². The standard InChI is InChI=1S/C13H25N3O2/c1-3-10(2)9-12(17)15-7-8-16-13(18)11-5-4-6-14-11/h10-11,14H,3-9H2,1-2H3,(H,15,17)(H,16,18). The number of carbonyl (C=O) groups is 2. The van der Waals surface area contributed by atoms with Crippen molar-refractivity contribution in [1.82, 2.24) is 16.0 Å². The van der Waals surface area contributed by atoms with Crippen molar-refractivity contribution in [3.8, 4) is 0 Å². The molecule has 0 aromatic rings. The summed E-state index contributed by atoms with van der Waals surface area (Å²) >= 11 is 0. The second-order valence-electron chi connectivity index (χ2n) is 5.01. The fourth-order valence-electron chi connectivity index (χ4n) is 1.95. The van der Waals surface area contributed by atoms with Crippen LogP contribution < -0.4 is 16.0 Å². The van der Waals surface area contributed by atoms with E-state index in [1.165, 1.54) is 0 Å². The number of amides is 2. The van der Waals surface area contributed by atoms with Gasteiger partial charge >= 0.3 is 0 Å². The molecule has 3 N–H and O–H groups in total. The number of rotatable bonds is 7. The van der Waals surface area contributed by atoms with Crippen molar-refractivity contribution < 1.29 is 9.59 Å². The molecule has 0 spiro atoms. The average molecular weight is 255 g/mol. The molecule has 1 rings (SSSR count). The predicted molar refractivity (Wildman–Crippen MR) is 71.1 cm³/mol. The van der Waals surface area contributed by atoms with E-state index in [1.54, 1.807) is 0 Å². The van der Waals surface area contributed by atoms with Gasteiger partial charge in [0.05, 0.1) is 6.04 Å². The number of hydrogen-bond donors (Lipinski definition) is 3. The van der Waals surface area contributed by atoms with E-state index in [2.05, 4.69) is 29.8 Å². The Kier molecular flexibility index (Phi) is 6.72. The van der Waals surface area contributed by atoms with E-state index in [4.69, 9.17) is 0 Å². The summed E-state index contributed by atoms with van der Waals surface area (Å²) in [5, 5.41) is 8.79. The van der Waals surface area contributed by atoms with Gasteiger partial charge in [0.25, 0.3) is 0 Å². The zero-order valence-corrected chi connectivity index (χ0v) is 11.4. The summed E-state index contributed by atoms with van der Waals surface area (Å²) in [6, 6.07) is -0.0409. The molecule has 0 saturated carbocycles. The molecule has 1 fully saturated rings. The highest BCUT2D eigenvalue weighted by Gasteiger charge is 2.21. The van der Waals surface area contributed by atoms with Crippen LogP contribution in [0.15, 0.2) is 0 Å². The Labute approximate surface area is 109 Å². The minimum Gasteiger partial charge on any atom is -0.354 e. The second kappa shape index (κ2) is 8.08. The van der Waals surface area contributed by atoms with Crippen molar-refractivity contribution in [2.45, 2.75) is 45.6 Å². The van der Waals surface area contributed by atoms with Gasteiger partial charge in [-0.2, -0.15) is 0 Å². The molecule has 5 heteroatoms. The van der Waals surface area contributed by atoms with Gasteiger partial charge in [-0.15, -0.1) is 0 Å². The first-order valence-corrected chi connectivity index (χ1v) is 6.91. The summed E-state index contributed by atoms with van der Waals surface area (Å²) in [6.07, 6.45) is 3.54. The summed E-state index contributed by atoms with van der Waals surface area (Å²) in [6.45, 7) is 6.07. The highest BCUT2D eigenvalue weighted by molar-refractivity contribution is 5.82. The summed E-state index contributed by atoms with van der Waals surface area (Å²) in [5.74, 6) is 0.531. The van der Waals surface area contributed by atoms with Gasteiger partial charge in [0.2, 0.25) is 11.8 Å². The number of carbonyl (C=O) groups excluding carboxylic acids is 2. The van der Waals surface area contributed by atoms with E-state index in [-0.39, 0.29) is 17.9 Å². The fraction of sp³-hybridized carbons (Fsp3) is 0.846. The Hall–Kier alpha value is -1.10. The van der Waals surface area contributed by atoms with Crippen LogP contribution in [0, 0.1) is 5.92 Å². The quantitative estimate of drug-likeness (QED) is 0.577. The third-order valence-electron chi connectivity index (χ3n) is 3.35. The van der Waals surface area contributed by atoms with E-state index in [0.29, 0.717) is 25.4 Å². The Balaban J connectivity index is 2.03. The Morgan fingerprint density at radius 3 is 2.67 bits per heavy atom. The Bertz CT molecular complexity index is 275. The average Bonchev–Trinajstić information content (AvgIpc) is 2.88. The molecule has 2 atom stereocenters. The normalized spacial score (nSPS) is 20.4. The van der Waals surface area contributed by atoms with Crippen molar-refractivity contribution in [2.75, 3.05) is 19.6 Å². The molecule has 5 nitrogen and oxygen atoms in total. The van der Waals surface area contributed by atoms with Crippen molar-refractivity contribution in [3.63, 3.8) is 0 Å².